The van der Waals surface area contributed by atoms with Gasteiger partial charge in [-0.25, -0.2) is 0 Å². The van der Waals surface area contributed by atoms with E-state index in [0.717, 1.165) is 0 Å². The predicted octanol–water partition coefficient (Wildman–Crippen LogP) is 1.69. The van der Waals surface area contributed by atoms with Gasteiger partial charge in [0.1, 0.15) is 10.6 Å². The van der Waals surface area contributed by atoms with E-state index in [2.05, 4.69) is 10.1 Å². The van der Waals surface area contributed by atoms with Crippen molar-refractivity contribution in [2.45, 2.75) is 6.42 Å². The van der Waals surface area contributed by atoms with Crippen LogP contribution in [0.25, 0.3) is 10.8 Å². The molecule has 2 rings (SSSR count). The van der Waals surface area contributed by atoms with Crippen LogP contribution in [-0.4, -0.2) is 29.0 Å². The van der Waals surface area contributed by atoms with E-state index in [4.69, 9.17) is 9.26 Å². The van der Waals surface area contributed by atoms with E-state index in [-0.39, 0.29) is 5.75 Å². The van der Waals surface area contributed by atoms with E-state index in [1.54, 1.807) is 18.6 Å². The van der Waals surface area contributed by atoms with Crippen molar-refractivity contribution in [2.75, 3.05) is 13.7 Å². The molecule has 0 saturated heterocycles. The molecule has 0 unspecified atom stereocenters. The number of aromatic nitrogens is 2. The highest BCUT2D eigenvalue weighted by atomic mass is 32.1. The maximum Gasteiger partial charge on any atom is 0.271 e. The summed E-state index contributed by atoms with van der Waals surface area (Å²) in [5, 5.41) is 15.0. The summed E-state index contributed by atoms with van der Waals surface area (Å²) in [4.78, 5) is 4.75. The van der Waals surface area contributed by atoms with Crippen molar-refractivity contribution in [3.05, 3.63) is 17.3 Å². The van der Waals surface area contributed by atoms with Crippen molar-refractivity contribution in [1.29, 1.82) is 0 Å². The first-order chi connectivity index (χ1) is 7.31. The summed E-state index contributed by atoms with van der Waals surface area (Å²) < 4.78 is 9.92. The lowest BCUT2D eigenvalue weighted by atomic mass is 10.4. The minimum Gasteiger partial charge on any atom is -0.506 e. The predicted molar refractivity (Wildman–Crippen MR) is 54.9 cm³/mol. The van der Waals surface area contributed by atoms with Crippen LogP contribution in [0.3, 0.4) is 0 Å². The molecule has 0 bridgehead atoms. The Balaban J connectivity index is 2.17. The molecule has 0 aliphatic carbocycles. The fourth-order valence-electron chi connectivity index (χ4n) is 1.10. The van der Waals surface area contributed by atoms with E-state index >= 15 is 0 Å². The van der Waals surface area contributed by atoms with Crippen molar-refractivity contribution >= 4 is 11.3 Å². The van der Waals surface area contributed by atoms with Crippen LogP contribution in [-0.2, 0) is 11.2 Å². The van der Waals surface area contributed by atoms with Crippen LogP contribution in [0.1, 0.15) is 5.82 Å². The molecule has 6 heteroatoms. The molecule has 2 heterocycles. The van der Waals surface area contributed by atoms with Crippen molar-refractivity contribution in [3.8, 4) is 16.5 Å². The highest BCUT2D eigenvalue weighted by Crippen LogP contribution is 2.32. The van der Waals surface area contributed by atoms with Crippen LogP contribution >= 0.6 is 11.3 Å². The smallest absolute Gasteiger partial charge is 0.271 e. The Kier molecular flexibility index (Phi) is 2.98. The van der Waals surface area contributed by atoms with Gasteiger partial charge in [0, 0.05) is 13.5 Å². The van der Waals surface area contributed by atoms with Gasteiger partial charge in [0.15, 0.2) is 5.82 Å². The summed E-state index contributed by atoms with van der Waals surface area (Å²) in [6.07, 6.45) is 0.603. The molecule has 80 valence electrons. The number of thiophene rings is 1. The molecule has 2 aromatic rings. The molecule has 0 atom stereocenters. The fraction of sp³-hybridized carbons (Fsp3) is 0.333. The number of hydrogen-bond acceptors (Lipinski definition) is 6. The van der Waals surface area contributed by atoms with Gasteiger partial charge >= 0.3 is 0 Å². The quantitative estimate of drug-likeness (QED) is 0.859. The summed E-state index contributed by atoms with van der Waals surface area (Å²) in [6, 6.07) is 1.60. The number of nitrogens with zero attached hydrogens (tertiary/aromatic N) is 2. The van der Waals surface area contributed by atoms with E-state index in [1.165, 1.54) is 11.3 Å². The largest absolute Gasteiger partial charge is 0.506 e. The highest BCUT2D eigenvalue weighted by molar-refractivity contribution is 7.13. The average molecular weight is 226 g/mol. The van der Waals surface area contributed by atoms with Gasteiger partial charge < -0.3 is 14.4 Å². The van der Waals surface area contributed by atoms with E-state index in [9.17, 15) is 5.11 Å². The number of hydrogen-bond donors (Lipinski definition) is 1. The molecule has 0 spiro atoms. The van der Waals surface area contributed by atoms with Gasteiger partial charge in [-0.3, -0.25) is 0 Å². The normalized spacial score (nSPS) is 10.7. The molecule has 1 N–H and O–H groups in total. The summed E-state index contributed by atoms with van der Waals surface area (Å²) in [6.45, 7) is 0.551. The third kappa shape index (κ3) is 2.16. The van der Waals surface area contributed by atoms with Crippen molar-refractivity contribution in [1.82, 2.24) is 10.1 Å². The third-order valence-corrected chi connectivity index (χ3v) is 2.73. The highest BCUT2D eigenvalue weighted by Gasteiger charge is 2.13. The molecule has 0 aromatic carbocycles. The topological polar surface area (TPSA) is 68.4 Å². The molecule has 15 heavy (non-hydrogen) atoms. The van der Waals surface area contributed by atoms with E-state index in [0.29, 0.717) is 29.6 Å². The van der Waals surface area contributed by atoms with Crippen LogP contribution in [0.5, 0.6) is 5.75 Å². The molecule has 2 aromatic heterocycles. The van der Waals surface area contributed by atoms with Gasteiger partial charge in [-0.15, -0.1) is 11.3 Å². The second-order valence-electron chi connectivity index (χ2n) is 2.89. The first-order valence-corrected chi connectivity index (χ1v) is 5.27. The third-order valence-electron chi connectivity index (χ3n) is 1.84. The molecule has 0 saturated carbocycles. The second-order valence-corrected chi connectivity index (χ2v) is 3.81. The molecule has 5 nitrogen and oxygen atoms in total. The number of methoxy groups -OCH3 is 1. The summed E-state index contributed by atoms with van der Waals surface area (Å²) >= 11 is 1.36. The van der Waals surface area contributed by atoms with E-state index in [1.807, 2.05) is 0 Å². The Hall–Kier alpha value is -1.40. The van der Waals surface area contributed by atoms with Gasteiger partial charge in [-0.1, -0.05) is 5.16 Å². The van der Waals surface area contributed by atoms with Crippen molar-refractivity contribution < 1.29 is 14.4 Å². The molecule has 0 fully saturated rings. The monoisotopic (exact) mass is 226 g/mol. The minimum absolute atomic E-state index is 0.168. The lowest BCUT2D eigenvalue weighted by Gasteiger charge is -1.90. The van der Waals surface area contributed by atoms with Crippen molar-refractivity contribution in [3.63, 3.8) is 0 Å². The fourth-order valence-corrected chi connectivity index (χ4v) is 1.81. The number of rotatable bonds is 4. The van der Waals surface area contributed by atoms with Crippen LogP contribution in [0.2, 0.25) is 0 Å². The van der Waals surface area contributed by atoms with Crippen LogP contribution in [0.15, 0.2) is 16.0 Å². The van der Waals surface area contributed by atoms with Gasteiger partial charge in [0.05, 0.1) is 6.61 Å². The zero-order chi connectivity index (χ0) is 10.7. The maximum atomic E-state index is 9.45. The van der Waals surface area contributed by atoms with Crippen LogP contribution in [0, 0.1) is 0 Å². The Morgan fingerprint density at radius 3 is 3.13 bits per heavy atom. The SMILES string of the molecule is COCCc1noc(-c2sccc2O)n1. The first-order valence-electron chi connectivity index (χ1n) is 4.39. The molecular formula is C9H10N2O3S. The Morgan fingerprint density at radius 1 is 1.60 bits per heavy atom. The lowest BCUT2D eigenvalue weighted by molar-refractivity contribution is 0.199. The van der Waals surface area contributed by atoms with E-state index < -0.39 is 0 Å². The zero-order valence-electron chi connectivity index (χ0n) is 8.14. The standard InChI is InChI=1S/C9H10N2O3S/c1-13-4-2-7-10-9(14-11-7)8-6(12)3-5-15-8/h3,5,12H,2,4H2,1H3. The zero-order valence-corrected chi connectivity index (χ0v) is 8.95. The maximum absolute atomic E-state index is 9.45. The summed E-state index contributed by atoms with van der Waals surface area (Å²) in [5.41, 5.74) is 0. The number of ether oxygens (including phenoxy) is 1. The van der Waals surface area contributed by atoms with Crippen molar-refractivity contribution in [2.24, 2.45) is 0 Å². The number of aromatic hydroxyl groups is 1. The second kappa shape index (κ2) is 4.41. The average Bonchev–Trinajstić information content (AvgIpc) is 2.83. The minimum atomic E-state index is 0.168. The van der Waals surface area contributed by atoms with Gasteiger partial charge in [0.25, 0.3) is 5.89 Å². The van der Waals surface area contributed by atoms with Gasteiger partial charge in [-0.2, -0.15) is 4.98 Å². The summed E-state index contributed by atoms with van der Waals surface area (Å²) in [5.74, 6) is 1.11. The Labute approximate surface area is 90.3 Å². The van der Waals surface area contributed by atoms with Crippen LogP contribution < -0.4 is 0 Å². The Morgan fingerprint density at radius 2 is 2.47 bits per heavy atom. The molecule has 0 aliphatic heterocycles. The molecule has 0 aliphatic rings. The van der Waals surface area contributed by atoms with Crippen LogP contribution in [0.4, 0.5) is 0 Å². The molecule has 0 amide bonds. The molecular weight excluding hydrogens is 216 g/mol. The first kappa shape index (κ1) is 10.1. The summed E-state index contributed by atoms with van der Waals surface area (Å²) in [7, 11) is 1.62. The van der Waals surface area contributed by atoms with Gasteiger partial charge in [0.2, 0.25) is 0 Å². The van der Waals surface area contributed by atoms with Gasteiger partial charge in [-0.05, 0) is 11.4 Å². The Bertz CT molecular complexity index is 438. The molecule has 0 radical (unpaired) electrons. The lowest BCUT2D eigenvalue weighted by Crippen LogP contribution is -1.95.